The Morgan fingerprint density at radius 1 is 1.78 bits per heavy atom. The summed E-state index contributed by atoms with van der Waals surface area (Å²) in [4.78, 5) is 10.6. The van der Waals surface area contributed by atoms with Crippen LogP contribution < -0.4 is 0 Å². The van der Waals surface area contributed by atoms with Crippen molar-refractivity contribution in [3.8, 4) is 0 Å². The van der Waals surface area contributed by atoms with E-state index >= 15 is 0 Å². The standard InChI is InChI=1S/C7H12O2/c1-5(9)7-4-6(7)2-3-8/h6-8H,2-4H2,1H3/t6-,7+/m0/s1. The van der Waals surface area contributed by atoms with Gasteiger partial charge in [0.2, 0.25) is 0 Å². The van der Waals surface area contributed by atoms with E-state index in [1.807, 2.05) is 0 Å². The quantitative estimate of drug-likeness (QED) is 0.604. The van der Waals surface area contributed by atoms with E-state index in [1.54, 1.807) is 6.92 Å². The van der Waals surface area contributed by atoms with Crippen molar-refractivity contribution in [3.05, 3.63) is 0 Å². The molecular weight excluding hydrogens is 116 g/mol. The highest BCUT2D eigenvalue weighted by atomic mass is 16.3. The van der Waals surface area contributed by atoms with Crippen LogP contribution in [0.2, 0.25) is 0 Å². The van der Waals surface area contributed by atoms with Crippen LogP contribution in [0, 0.1) is 11.8 Å². The number of ketones is 1. The first-order chi connectivity index (χ1) is 4.25. The van der Waals surface area contributed by atoms with E-state index in [4.69, 9.17) is 5.11 Å². The molecule has 0 aromatic heterocycles. The number of carbonyl (C=O) groups excluding carboxylic acids is 1. The summed E-state index contributed by atoms with van der Waals surface area (Å²) in [6.45, 7) is 1.86. The molecule has 1 saturated carbocycles. The van der Waals surface area contributed by atoms with Crippen LogP contribution in [0.4, 0.5) is 0 Å². The van der Waals surface area contributed by atoms with E-state index in [9.17, 15) is 4.79 Å². The first-order valence-corrected chi connectivity index (χ1v) is 3.37. The fourth-order valence-electron chi connectivity index (χ4n) is 1.23. The highest BCUT2D eigenvalue weighted by Gasteiger charge is 2.39. The van der Waals surface area contributed by atoms with Crippen LogP contribution >= 0.6 is 0 Å². The number of aliphatic hydroxyl groups is 1. The molecule has 0 unspecified atom stereocenters. The second-order valence-electron chi connectivity index (χ2n) is 2.73. The van der Waals surface area contributed by atoms with Crippen LogP contribution in [0.5, 0.6) is 0 Å². The minimum atomic E-state index is 0.231. The van der Waals surface area contributed by atoms with Gasteiger partial charge < -0.3 is 5.11 Å². The van der Waals surface area contributed by atoms with Crippen molar-refractivity contribution in [2.45, 2.75) is 19.8 Å². The number of aliphatic hydroxyl groups excluding tert-OH is 1. The molecule has 0 radical (unpaired) electrons. The number of Topliss-reactive ketones (excluding diaryl/α,β-unsaturated/α-hetero) is 1. The third kappa shape index (κ3) is 1.52. The summed E-state index contributed by atoms with van der Waals surface area (Å²) in [6, 6.07) is 0. The molecule has 0 spiro atoms. The Balaban J connectivity index is 2.17. The van der Waals surface area contributed by atoms with Crippen molar-refractivity contribution in [1.29, 1.82) is 0 Å². The summed E-state index contributed by atoms with van der Waals surface area (Å²) in [5.41, 5.74) is 0. The molecule has 1 fully saturated rings. The summed E-state index contributed by atoms with van der Waals surface area (Å²) < 4.78 is 0. The molecule has 1 N–H and O–H groups in total. The van der Waals surface area contributed by atoms with Crippen LogP contribution in [0.3, 0.4) is 0 Å². The maximum absolute atomic E-state index is 10.6. The minimum absolute atomic E-state index is 0.231. The Morgan fingerprint density at radius 3 is 2.78 bits per heavy atom. The molecule has 0 aromatic carbocycles. The largest absolute Gasteiger partial charge is 0.396 e. The minimum Gasteiger partial charge on any atom is -0.396 e. The Bertz CT molecular complexity index is 120. The Labute approximate surface area is 54.9 Å². The molecule has 1 aliphatic rings. The molecule has 1 rings (SSSR count). The normalized spacial score (nSPS) is 32.2. The first-order valence-electron chi connectivity index (χ1n) is 3.37. The summed E-state index contributed by atoms with van der Waals surface area (Å²) in [5.74, 6) is 1.08. The van der Waals surface area contributed by atoms with Crippen molar-refractivity contribution in [3.63, 3.8) is 0 Å². The second-order valence-corrected chi connectivity index (χ2v) is 2.73. The van der Waals surface area contributed by atoms with Gasteiger partial charge in [0.1, 0.15) is 5.78 Å². The third-order valence-electron chi connectivity index (χ3n) is 1.94. The van der Waals surface area contributed by atoms with Crippen molar-refractivity contribution in [1.82, 2.24) is 0 Å². The van der Waals surface area contributed by atoms with E-state index in [-0.39, 0.29) is 18.3 Å². The topological polar surface area (TPSA) is 37.3 Å². The molecule has 2 nitrogen and oxygen atoms in total. The summed E-state index contributed by atoms with van der Waals surface area (Å²) in [7, 11) is 0. The SMILES string of the molecule is CC(=O)[C@H]1C[C@@H]1CCO. The van der Waals surface area contributed by atoms with Gasteiger partial charge in [0.15, 0.2) is 0 Å². The lowest BCUT2D eigenvalue weighted by Gasteiger charge is -1.89. The average molecular weight is 128 g/mol. The average Bonchev–Trinajstić information content (AvgIpc) is 2.47. The van der Waals surface area contributed by atoms with E-state index in [0.29, 0.717) is 5.92 Å². The van der Waals surface area contributed by atoms with Gasteiger partial charge in [-0.05, 0) is 25.7 Å². The van der Waals surface area contributed by atoms with E-state index in [1.165, 1.54) is 0 Å². The molecule has 0 heterocycles. The predicted molar refractivity (Wildman–Crippen MR) is 34.0 cm³/mol. The molecule has 0 aliphatic heterocycles. The second kappa shape index (κ2) is 2.48. The van der Waals surface area contributed by atoms with E-state index in [0.717, 1.165) is 12.8 Å². The lowest BCUT2D eigenvalue weighted by Crippen LogP contribution is -1.96. The summed E-state index contributed by atoms with van der Waals surface area (Å²) in [5, 5.41) is 8.46. The molecule has 0 bridgehead atoms. The molecule has 9 heavy (non-hydrogen) atoms. The predicted octanol–water partition coefficient (Wildman–Crippen LogP) is 0.594. The smallest absolute Gasteiger partial charge is 0.133 e. The molecule has 0 amide bonds. The number of hydrogen-bond acceptors (Lipinski definition) is 2. The highest BCUT2D eigenvalue weighted by Crippen LogP contribution is 2.41. The van der Waals surface area contributed by atoms with Gasteiger partial charge in [0.05, 0.1) is 0 Å². The van der Waals surface area contributed by atoms with Crippen LogP contribution in [-0.4, -0.2) is 17.5 Å². The Hall–Kier alpha value is -0.370. The van der Waals surface area contributed by atoms with Gasteiger partial charge >= 0.3 is 0 Å². The molecule has 52 valence electrons. The van der Waals surface area contributed by atoms with Crippen molar-refractivity contribution in [2.24, 2.45) is 11.8 Å². The van der Waals surface area contributed by atoms with Crippen molar-refractivity contribution >= 4 is 5.78 Å². The maximum Gasteiger partial charge on any atom is 0.133 e. The van der Waals surface area contributed by atoms with Gasteiger partial charge in [-0.3, -0.25) is 4.79 Å². The van der Waals surface area contributed by atoms with Crippen molar-refractivity contribution < 1.29 is 9.90 Å². The number of hydrogen-bond donors (Lipinski definition) is 1. The van der Waals surface area contributed by atoms with Crippen LogP contribution in [0.15, 0.2) is 0 Å². The maximum atomic E-state index is 10.6. The molecule has 0 aromatic rings. The zero-order valence-electron chi connectivity index (χ0n) is 5.63. The summed E-state index contributed by atoms with van der Waals surface area (Å²) >= 11 is 0. The van der Waals surface area contributed by atoms with Crippen LogP contribution in [0.25, 0.3) is 0 Å². The van der Waals surface area contributed by atoms with Gasteiger partial charge in [-0.1, -0.05) is 0 Å². The van der Waals surface area contributed by atoms with Gasteiger partial charge in [0.25, 0.3) is 0 Å². The monoisotopic (exact) mass is 128 g/mol. The lowest BCUT2D eigenvalue weighted by molar-refractivity contribution is -0.118. The van der Waals surface area contributed by atoms with Crippen LogP contribution in [0.1, 0.15) is 19.8 Å². The molecule has 2 atom stereocenters. The summed E-state index contributed by atoms with van der Waals surface area (Å²) in [6.07, 6.45) is 1.82. The third-order valence-corrected chi connectivity index (χ3v) is 1.94. The Kier molecular flexibility index (Phi) is 1.86. The van der Waals surface area contributed by atoms with E-state index < -0.39 is 0 Å². The molecular formula is C7H12O2. The molecule has 2 heteroatoms. The van der Waals surface area contributed by atoms with Crippen molar-refractivity contribution in [2.75, 3.05) is 6.61 Å². The number of rotatable bonds is 3. The van der Waals surface area contributed by atoms with E-state index in [2.05, 4.69) is 0 Å². The van der Waals surface area contributed by atoms with Gasteiger partial charge in [-0.15, -0.1) is 0 Å². The van der Waals surface area contributed by atoms with Gasteiger partial charge in [-0.25, -0.2) is 0 Å². The highest BCUT2D eigenvalue weighted by molar-refractivity contribution is 5.81. The zero-order valence-corrected chi connectivity index (χ0v) is 5.63. The van der Waals surface area contributed by atoms with Gasteiger partial charge in [0, 0.05) is 12.5 Å². The fourth-order valence-corrected chi connectivity index (χ4v) is 1.23. The fraction of sp³-hybridized carbons (Fsp3) is 0.857. The van der Waals surface area contributed by atoms with Gasteiger partial charge in [-0.2, -0.15) is 0 Å². The Morgan fingerprint density at radius 2 is 2.44 bits per heavy atom. The zero-order chi connectivity index (χ0) is 6.85. The first kappa shape index (κ1) is 6.75. The van der Waals surface area contributed by atoms with Crippen LogP contribution in [-0.2, 0) is 4.79 Å². The lowest BCUT2D eigenvalue weighted by atomic mass is 10.2. The number of carbonyl (C=O) groups is 1. The molecule has 0 saturated heterocycles. The molecule has 1 aliphatic carbocycles.